The maximum atomic E-state index is 14.2. The summed E-state index contributed by atoms with van der Waals surface area (Å²) in [6, 6.07) is 14.6. The molecule has 9 nitrogen and oxygen atoms in total. The van der Waals surface area contributed by atoms with Crippen molar-refractivity contribution in [2.75, 3.05) is 13.7 Å². The molecule has 0 amide bonds. The summed E-state index contributed by atoms with van der Waals surface area (Å²) in [7, 11) is 1.37. The number of carbonyl (C=O) groups is 3. The lowest BCUT2D eigenvalue weighted by molar-refractivity contribution is -0.157. The van der Waals surface area contributed by atoms with Gasteiger partial charge >= 0.3 is 11.9 Å². The topological polar surface area (TPSA) is 110 Å². The fourth-order valence-electron chi connectivity index (χ4n) is 4.27. The van der Waals surface area contributed by atoms with Crippen molar-refractivity contribution >= 4 is 17.7 Å². The van der Waals surface area contributed by atoms with E-state index >= 15 is 0 Å². The molecule has 3 atom stereocenters. The zero-order valence-corrected chi connectivity index (χ0v) is 24.0. The third-order valence-electron chi connectivity index (χ3n) is 6.68. The number of methoxy groups -OCH3 is 1. The van der Waals surface area contributed by atoms with E-state index in [1.165, 1.54) is 38.4 Å². The SMILES string of the molecule is COc1ccnc(C(=O)C[C@@H](C)C(=O)O[C@@H](C)[C@H](Oc2ccccc2)c2ccc(F)cc2OCC2CC2)c1OC(C)=O. The van der Waals surface area contributed by atoms with Crippen molar-refractivity contribution in [3.8, 4) is 23.0 Å². The van der Waals surface area contributed by atoms with Gasteiger partial charge in [0.1, 0.15) is 23.4 Å². The number of ether oxygens (including phenoxy) is 5. The van der Waals surface area contributed by atoms with E-state index in [1.54, 1.807) is 32.0 Å². The van der Waals surface area contributed by atoms with Gasteiger partial charge in [-0.15, -0.1) is 0 Å². The predicted octanol–water partition coefficient (Wildman–Crippen LogP) is 5.90. The van der Waals surface area contributed by atoms with E-state index in [4.69, 9.17) is 23.7 Å². The first-order valence-corrected chi connectivity index (χ1v) is 13.7. The van der Waals surface area contributed by atoms with E-state index < -0.39 is 41.7 Å². The predicted molar refractivity (Wildman–Crippen MR) is 150 cm³/mol. The maximum absolute atomic E-state index is 14.2. The van der Waals surface area contributed by atoms with Gasteiger partial charge in [-0.25, -0.2) is 9.37 Å². The molecule has 42 heavy (non-hydrogen) atoms. The minimum atomic E-state index is -0.880. The fraction of sp³-hybridized carbons (Fsp3) is 0.375. The number of rotatable bonds is 14. The molecule has 0 unspecified atom stereocenters. The van der Waals surface area contributed by atoms with Gasteiger partial charge in [-0.05, 0) is 49.9 Å². The number of aromatic nitrogens is 1. The van der Waals surface area contributed by atoms with Gasteiger partial charge in [0, 0.05) is 37.2 Å². The Hall–Kier alpha value is -4.47. The summed E-state index contributed by atoms with van der Waals surface area (Å²) >= 11 is 0. The monoisotopic (exact) mass is 579 g/mol. The Morgan fingerprint density at radius 2 is 1.76 bits per heavy atom. The molecule has 222 valence electrons. The molecule has 10 heteroatoms. The number of pyridine rings is 1. The van der Waals surface area contributed by atoms with Crippen LogP contribution < -0.4 is 18.9 Å². The Balaban J connectivity index is 1.52. The van der Waals surface area contributed by atoms with Crippen LogP contribution in [0, 0.1) is 17.7 Å². The van der Waals surface area contributed by atoms with Crippen LogP contribution >= 0.6 is 0 Å². The minimum Gasteiger partial charge on any atom is -0.493 e. The molecule has 2 aromatic carbocycles. The first kappa shape index (κ1) is 30.5. The van der Waals surface area contributed by atoms with Gasteiger partial charge in [-0.3, -0.25) is 14.4 Å². The molecule has 0 aliphatic heterocycles. The molecule has 1 saturated carbocycles. The third-order valence-corrected chi connectivity index (χ3v) is 6.68. The van der Waals surface area contributed by atoms with Crippen LogP contribution in [0.5, 0.6) is 23.0 Å². The first-order chi connectivity index (χ1) is 20.2. The van der Waals surface area contributed by atoms with Crippen LogP contribution in [0.25, 0.3) is 0 Å². The number of hydrogen-bond acceptors (Lipinski definition) is 9. The lowest BCUT2D eigenvalue weighted by Gasteiger charge is -2.28. The van der Waals surface area contributed by atoms with E-state index in [0.717, 1.165) is 12.8 Å². The molecular formula is C32H34FNO8. The summed E-state index contributed by atoms with van der Waals surface area (Å²) in [5.41, 5.74) is 0.392. The average Bonchev–Trinajstić information content (AvgIpc) is 3.80. The second kappa shape index (κ2) is 13.9. The second-order valence-electron chi connectivity index (χ2n) is 10.2. The van der Waals surface area contributed by atoms with E-state index in [0.29, 0.717) is 29.6 Å². The number of ketones is 1. The van der Waals surface area contributed by atoms with Gasteiger partial charge < -0.3 is 23.7 Å². The van der Waals surface area contributed by atoms with Crippen molar-refractivity contribution in [3.05, 3.63) is 77.9 Å². The van der Waals surface area contributed by atoms with Crippen LogP contribution in [0.3, 0.4) is 0 Å². The Kier molecular flexibility index (Phi) is 10.1. The quantitative estimate of drug-likeness (QED) is 0.170. The molecule has 0 bridgehead atoms. The van der Waals surface area contributed by atoms with Crippen molar-refractivity contribution < 1.29 is 42.5 Å². The third kappa shape index (κ3) is 8.05. The molecule has 0 spiro atoms. The highest BCUT2D eigenvalue weighted by atomic mass is 19.1. The van der Waals surface area contributed by atoms with Crippen LogP contribution in [0.1, 0.15) is 62.2 Å². The number of Topliss-reactive ketones (excluding diaryl/α,β-unsaturated/α-hetero) is 1. The van der Waals surface area contributed by atoms with Crippen LogP contribution in [-0.4, -0.2) is 42.5 Å². The van der Waals surface area contributed by atoms with Crippen molar-refractivity contribution in [1.82, 2.24) is 4.98 Å². The zero-order chi connectivity index (χ0) is 30.2. The van der Waals surface area contributed by atoms with Crippen molar-refractivity contribution in [2.24, 2.45) is 11.8 Å². The number of nitrogens with zero attached hydrogens (tertiary/aromatic N) is 1. The summed E-state index contributed by atoms with van der Waals surface area (Å²) < 4.78 is 42.6. The van der Waals surface area contributed by atoms with Crippen molar-refractivity contribution in [3.63, 3.8) is 0 Å². The molecule has 1 heterocycles. The number of esters is 2. The molecule has 0 saturated heterocycles. The van der Waals surface area contributed by atoms with Crippen molar-refractivity contribution in [1.29, 1.82) is 0 Å². The highest BCUT2D eigenvalue weighted by Crippen LogP contribution is 2.36. The standard InChI is InChI=1S/C32H34FNO8/c1-19(16-26(36)29-31(41-21(3)35)27(38-4)14-15-34-29)32(37)40-20(2)30(42-24-8-6-5-7-9-24)25-13-12-23(33)17-28(25)39-18-22-10-11-22/h5-9,12-15,17,19-20,22,30H,10-11,16,18H2,1-4H3/t19-,20+,30+/m1/s1. The molecule has 1 aromatic heterocycles. The number of para-hydroxylation sites is 1. The molecular weight excluding hydrogens is 545 g/mol. The van der Waals surface area contributed by atoms with Crippen LogP contribution in [-0.2, 0) is 14.3 Å². The van der Waals surface area contributed by atoms with E-state index in [1.807, 2.05) is 18.2 Å². The van der Waals surface area contributed by atoms with Crippen molar-refractivity contribution in [2.45, 2.75) is 52.2 Å². The number of benzene rings is 2. The van der Waals surface area contributed by atoms with E-state index in [-0.39, 0.29) is 23.6 Å². The van der Waals surface area contributed by atoms with Gasteiger partial charge in [0.05, 0.1) is 19.6 Å². The summed E-state index contributed by atoms with van der Waals surface area (Å²) in [6.07, 6.45) is 1.51. The highest BCUT2D eigenvalue weighted by molar-refractivity contribution is 5.99. The summed E-state index contributed by atoms with van der Waals surface area (Å²) in [5.74, 6) is -1.86. The van der Waals surface area contributed by atoms with Gasteiger partial charge in [-0.1, -0.05) is 25.1 Å². The molecule has 3 aromatic rings. The second-order valence-corrected chi connectivity index (χ2v) is 10.2. The Bertz CT molecular complexity index is 1410. The number of carbonyl (C=O) groups excluding carboxylic acids is 3. The van der Waals surface area contributed by atoms with Crippen LogP contribution in [0.15, 0.2) is 60.8 Å². The van der Waals surface area contributed by atoms with E-state index in [2.05, 4.69) is 4.98 Å². The Labute approximate surface area is 243 Å². The van der Waals surface area contributed by atoms with E-state index in [9.17, 15) is 18.8 Å². The summed E-state index contributed by atoms with van der Waals surface area (Å²) in [4.78, 5) is 42.0. The number of hydrogen-bond donors (Lipinski definition) is 0. The summed E-state index contributed by atoms with van der Waals surface area (Å²) in [6.45, 7) is 4.86. The van der Waals surface area contributed by atoms with Gasteiger partial charge in [-0.2, -0.15) is 0 Å². The van der Waals surface area contributed by atoms with Gasteiger partial charge in [0.25, 0.3) is 0 Å². The Morgan fingerprint density at radius 3 is 2.43 bits per heavy atom. The molecule has 0 N–H and O–H groups in total. The molecule has 0 radical (unpaired) electrons. The Morgan fingerprint density at radius 1 is 1.02 bits per heavy atom. The van der Waals surface area contributed by atoms with Gasteiger partial charge in [0.2, 0.25) is 5.75 Å². The van der Waals surface area contributed by atoms with Crippen LogP contribution in [0.2, 0.25) is 0 Å². The van der Waals surface area contributed by atoms with Crippen LogP contribution in [0.4, 0.5) is 4.39 Å². The minimum absolute atomic E-state index is 0.113. The normalized spacial score (nSPS) is 14.7. The lowest BCUT2D eigenvalue weighted by atomic mass is 10.0. The largest absolute Gasteiger partial charge is 0.493 e. The molecule has 1 aliphatic rings. The maximum Gasteiger partial charge on any atom is 0.309 e. The zero-order valence-electron chi connectivity index (χ0n) is 24.0. The molecule has 1 aliphatic carbocycles. The fourth-order valence-corrected chi connectivity index (χ4v) is 4.27. The number of halogens is 1. The molecule has 4 rings (SSSR count). The molecule has 1 fully saturated rings. The summed E-state index contributed by atoms with van der Waals surface area (Å²) in [5, 5.41) is 0. The average molecular weight is 580 g/mol. The highest BCUT2D eigenvalue weighted by Gasteiger charge is 2.32. The first-order valence-electron chi connectivity index (χ1n) is 13.7. The van der Waals surface area contributed by atoms with Gasteiger partial charge in [0.15, 0.2) is 23.3 Å². The smallest absolute Gasteiger partial charge is 0.309 e. The lowest BCUT2D eigenvalue weighted by Crippen LogP contribution is -2.30.